The van der Waals surface area contributed by atoms with E-state index >= 15 is 0 Å². The standard InChI is InChI=1S/C15H29N5O.HI/c1-6-16-14(17-8-7-12(2)3)18-11-15(4,21)13-9-19-20(5)10-13;/h9-10,12,21H,6-8,11H2,1-5H3,(H2,16,17,18);1H. The van der Waals surface area contributed by atoms with E-state index in [4.69, 9.17) is 0 Å². The van der Waals surface area contributed by atoms with Crippen molar-refractivity contribution in [1.82, 2.24) is 20.4 Å². The molecule has 0 spiro atoms. The Labute approximate surface area is 150 Å². The van der Waals surface area contributed by atoms with Gasteiger partial charge in [0.1, 0.15) is 5.60 Å². The first-order valence-electron chi connectivity index (χ1n) is 7.59. The lowest BCUT2D eigenvalue weighted by atomic mass is 10.0. The third-order valence-electron chi connectivity index (χ3n) is 3.23. The first-order chi connectivity index (χ1) is 9.85. The number of nitrogens with one attached hydrogen (secondary N) is 2. The van der Waals surface area contributed by atoms with E-state index in [1.165, 1.54) is 0 Å². The van der Waals surface area contributed by atoms with Crippen LogP contribution in [-0.4, -0.2) is 40.5 Å². The second-order valence-electron chi connectivity index (χ2n) is 5.98. The topological polar surface area (TPSA) is 74.5 Å². The van der Waals surface area contributed by atoms with Gasteiger partial charge in [0.05, 0.1) is 12.7 Å². The van der Waals surface area contributed by atoms with E-state index in [1.54, 1.807) is 17.8 Å². The maximum Gasteiger partial charge on any atom is 0.191 e. The largest absolute Gasteiger partial charge is 0.383 e. The van der Waals surface area contributed by atoms with Crippen LogP contribution in [0.3, 0.4) is 0 Å². The molecule has 0 amide bonds. The van der Waals surface area contributed by atoms with Gasteiger partial charge in [0.2, 0.25) is 0 Å². The van der Waals surface area contributed by atoms with Crippen LogP contribution in [0.2, 0.25) is 0 Å². The zero-order valence-electron chi connectivity index (χ0n) is 14.3. The highest BCUT2D eigenvalue weighted by molar-refractivity contribution is 14.0. The fourth-order valence-corrected chi connectivity index (χ4v) is 1.84. The molecule has 22 heavy (non-hydrogen) atoms. The van der Waals surface area contributed by atoms with E-state index < -0.39 is 5.60 Å². The summed E-state index contributed by atoms with van der Waals surface area (Å²) in [5.74, 6) is 1.39. The predicted octanol–water partition coefficient (Wildman–Crippen LogP) is 1.85. The van der Waals surface area contributed by atoms with Gasteiger partial charge in [-0.1, -0.05) is 13.8 Å². The summed E-state index contributed by atoms with van der Waals surface area (Å²) in [5, 5.41) is 21.1. The Morgan fingerprint density at radius 2 is 2.14 bits per heavy atom. The Kier molecular flexibility index (Phi) is 9.66. The van der Waals surface area contributed by atoms with Gasteiger partial charge in [-0.05, 0) is 26.2 Å². The maximum absolute atomic E-state index is 10.5. The van der Waals surface area contributed by atoms with Gasteiger partial charge in [0.25, 0.3) is 0 Å². The van der Waals surface area contributed by atoms with Crippen LogP contribution in [0.15, 0.2) is 17.4 Å². The molecule has 6 nitrogen and oxygen atoms in total. The van der Waals surface area contributed by atoms with Crippen LogP contribution >= 0.6 is 24.0 Å². The molecule has 3 N–H and O–H groups in total. The fourth-order valence-electron chi connectivity index (χ4n) is 1.84. The summed E-state index contributed by atoms with van der Waals surface area (Å²) in [5.41, 5.74) is -0.249. The van der Waals surface area contributed by atoms with E-state index in [2.05, 4.69) is 34.6 Å². The quantitative estimate of drug-likeness (QED) is 0.356. The van der Waals surface area contributed by atoms with Crippen molar-refractivity contribution in [3.8, 4) is 0 Å². The normalized spacial score (nSPS) is 14.4. The van der Waals surface area contributed by atoms with Crippen molar-refractivity contribution in [2.75, 3.05) is 19.6 Å². The summed E-state index contributed by atoms with van der Waals surface area (Å²) < 4.78 is 1.68. The van der Waals surface area contributed by atoms with Crippen molar-refractivity contribution in [3.63, 3.8) is 0 Å². The van der Waals surface area contributed by atoms with Crippen LogP contribution in [0.1, 0.15) is 39.7 Å². The maximum atomic E-state index is 10.5. The van der Waals surface area contributed by atoms with E-state index in [9.17, 15) is 5.11 Å². The number of halogens is 1. The molecule has 1 aromatic heterocycles. The molecule has 1 heterocycles. The summed E-state index contributed by atoms with van der Waals surface area (Å²) in [7, 11) is 1.83. The monoisotopic (exact) mass is 423 g/mol. The zero-order chi connectivity index (χ0) is 15.9. The van der Waals surface area contributed by atoms with Crippen molar-refractivity contribution in [3.05, 3.63) is 18.0 Å². The minimum Gasteiger partial charge on any atom is -0.383 e. The Bertz CT molecular complexity index is 457. The molecule has 0 aliphatic heterocycles. The summed E-state index contributed by atoms with van der Waals surface area (Å²) in [4.78, 5) is 4.48. The van der Waals surface area contributed by atoms with Gasteiger partial charge in [0, 0.05) is 31.9 Å². The van der Waals surface area contributed by atoms with Crippen LogP contribution < -0.4 is 10.6 Å². The summed E-state index contributed by atoms with van der Waals surface area (Å²) in [6.45, 7) is 10.1. The molecule has 0 fully saturated rings. The Balaban J connectivity index is 0.00000441. The van der Waals surface area contributed by atoms with Gasteiger partial charge < -0.3 is 15.7 Å². The van der Waals surface area contributed by atoms with E-state index in [0.29, 0.717) is 5.92 Å². The summed E-state index contributed by atoms with van der Waals surface area (Å²) in [6.07, 6.45) is 4.58. The summed E-state index contributed by atoms with van der Waals surface area (Å²) >= 11 is 0. The Morgan fingerprint density at radius 1 is 1.45 bits per heavy atom. The van der Waals surface area contributed by atoms with Crippen LogP contribution in [0.25, 0.3) is 0 Å². The highest BCUT2D eigenvalue weighted by Crippen LogP contribution is 2.19. The number of aryl methyl sites for hydroxylation is 1. The average molecular weight is 423 g/mol. The highest BCUT2D eigenvalue weighted by atomic mass is 127. The molecule has 1 atom stereocenters. The lowest BCUT2D eigenvalue weighted by Gasteiger charge is -2.20. The Morgan fingerprint density at radius 3 is 2.64 bits per heavy atom. The molecule has 0 aromatic carbocycles. The fraction of sp³-hybridized carbons (Fsp3) is 0.733. The molecule has 128 valence electrons. The van der Waals surface area contributed by atoms with Gasteiger partial charge in [-0.25, -0.2) is 4.99 Å². The molecule has 0 saturated heterocycles. The number of aliphatic hydroxyl groups is 1. The van der Waals surface area contributed by atoms with Gasteiger partial charge >= 0.3 is 0 Å². The molecule has 1 aromatic rings. The second-order valence-corrected chi connectivity index (χ2v) is 5.98. The molecule has 0 aliphatic rings. The first-order valence-corrected chi connectivity index (χ1v) is 7.59. The summed E-state index contributed by atoms with van der Waals surface area (Å²) in [6, 6.07) is 0. The highest BCUT2D eigenvalue weighted by Gasteiger charge is 2.24. The number of rotatable bonds is 7. The lowest BCUT2D eigenvalue weighted by molar-refractivity contribution is 0.0672. The van der Waals surface area contributed by atoms with Gasteiger partial charge in [-0.15, -0.1) is 24.0 Å². The van der Waals surface area contributed by atoms with Crippen LogP contribution in [0.5, 0.6) is 0 Å². The molecule has 0 bridgehead atoms. The van der Waals surface area contributed by atoms with E-state index in [-0.39, 0.29) is 30.5 Å². The lowest BCUT2D eigenvalue weighted by Crippen LogP contribution is -2.39. The van der Waals surface area contributed by atoms with Crippen LogP contribution in [0.4, 0.5) is 0 Å². The van der Waals surface area contributed by atoms with Crippen molar-refractivity contribution in [2.45, 2.75) is 39.7 Å². The van der Waals surface area contributed by atoms with Crippen molar-refractivity contribution in [2.24, 2.45) is 18.0 Å². The molecule has 1 unspecified atom stereocenters. The molecule has 0 saturated carbocycles. The number of hydrogen-bond acceptors (Lipinski definition) is 3. The third kappa shape index (κ3) is 7.44. The number of aliphatic imine (C=N–C) groups is 1. The third-order valence-corrected chi connectivity index (χ3v) is 3.23. The van der Waals surface area contributed by atoms with E-state index in [0.717, 1.165) is 31.0 Å². The average Bonchev–Trinajstić information content (AvgIpc) is 2.83. The minimum atomic E-state index is -1.02. The molecule has 7 heteroatoms. The Hall–Kier alpha value is -0.830. The predicted molar refractivity (Wildman–Crippen MR) is 102 cm³/mol. The minimum absolute atomic E-state index is 0. The molecular weight excluding hydrogens is 393 g/mol. The van der Waals surface area contributed by atoms with Crippen LogP contribution in [-0.2, 0) is 12.6 Å². The zero-order valence-corrected chi connectivity index (χ0v) is 16.6. The molecule has 1 rings (SSSR count). The molecule has 0 aliphatic carbocycles. The van der Waals surface area contributed by atoms with Crippen molar-refractivity contribution < 1.29 is 5.11 Å². The van der Waals surface area contributed by atoms with Gasteiger partial charge in [-0.3, -0.25) is 4.68 Å². The number of hydrogen-bond donors (Lipinski definition) is 3. The number of guanidine groups is 1. The smallest absolute Gasteiger partial charge is 0.191 e. The van der Waals surface area contributed by atoms with Crippen molar-refractivity contribution in [1.29, 1.82) is 0 Å². The number of nitrogens with zero attached hydrogens (tertiary/aromatic N) is 3. The second kappa shape index (κ2) is 10.0. The molecular formula is C15H30IN5O. The SMILES string of the molecule is CCNC(=NCC(C)(O)c1cnn(C)c1)NCCC(C)C.I. The van der Waals surface area contributed by atoms with Crippen LogP contribution in [0, 0.1) is 5.92 Å². The van der Waals surface area contributed by atoms with Crippen molar-refractivity contribution >= 4 is 29.9 Å². The molecule has 0 radical (unpaired) electrons. The van der Waals surface area contributed by atoms with E-state index in [1.807, 2.05) is 20.2 Å². The van der Waals surface area contributed by atoms with Gasteiger partial charge in [0.15, 0.2) is 5.96 Å². The number of aromatic nitrogens is 2. The van der Waals surface area contributed by atoms with Gasteiger partial charge in [-0.2, -0.15) is 5.10 Å². The first kappa shape index (κ1) is 21.2.